The number of rotatable bonds is 4. The maximum absolute atomic E-state index is 11.5. The van der Waals surface area contributed by atoms with Crippen molar-refractivity contribution in [3.8, 4) is 0 Å². The van der Waals surface area contributed by atoms with Gasteiger partial charge < -0.3 is 10.4 Å². The Morgan fingerprint density at radius 3 is 2.81 bits per heavy atom. The van der Waals surface area contributed by atoms with Crippen LogP contribution < -0.4 is 5.32 Å². The van der Waals surface area contributed by atoms with Crippen molar-refractivity contribution in [1.82, 2.24) is 4.98 Å². The highest BCUT2D eigenvalue weighted by Crippen LogP contribution is 2.09. The molecule has 16 heavy (non-hydrogen) atoms. The molecule has 5 nitrogen and oxygen atoms in total. The number of carboxylic acids is 1. The summed E-state index contributed by atoms with van der Waals surface area (Å²) in [5.41, 5.74) is 0.106. The number of nitrogens with one attached hydrogen (secondary N) is 1. The smallest absolute Gasteiger partial charge is 0.335 e. The van der Waals surface area contributed by atoms with Crippen LogP contribution in [0.2, 0.25) is 0 Å². The van der Waals surface area contributed by atoms with Gasteiger partial charge in [-0.15, -0.1) is 0 Å². The molecule has 86 valence electrons. The second-order valence-corrected chi connectivity index (χ2v) is 3.53. The number of anilines is 1. The largest absolute Gasteiger partial charge is 0.478 e. The highest BCUT2D eigenvalue weighted by molar-refractivity contribution is 5.93. The van der Waals surface area contributed by atoms with Crippen LogP contribution in [0.5, 0.6) is 0 Å². The van der Waals surface area contributed by atoms with Crippen molar-refractivity contribution in [2.45, 2.75) is 20.3 Å². The van der Waals surface area contributed by atoms with Gasteiger partial charge in [0.15, 0.2) is 0 Å². The number of carbonyl (C=O) groups is 2. The molecule has 0 aliphatic carbocycles. The summed E-state index contributed by atoms with van der Waals surface area (Å²) >= 11 is 0. The van der Waals surface area contributed by atoms with Crippen molar-refractivity contribution in [3.63, 3.8) is 0 Å². The van der Waals surface area contributed by atoms with E-state index in [0.717, 1.165) is 6.42 Å². The van der Waals surface area contributed by atoms with Crippen LogP contribution in [0.25, 0.3) is 0 Å². The number of hydrogen-bond acceptors (Lipinski definition) is 3. The van der Waals surface area contributed by atoms with Crippen molar-refractivity contribution in [2.24, 2.45) is 5.92 Å². The molecular weight excluding hydrogens is 208 g/mol. The van der Waals surface area contributed by atoms with Gasteiger partial charge in [-0.05, 0) is 18.6 Å². The van der Waals surface area contributed by atoms with Crippen molar-refractivity contribution < 1.29 is 14.7 Å². The van der Waals surface area contributed by atoms with Gasteiger partial charge in [-0.1, -0.05) is 13.8 Å². The number of aromatic carboxylic acids is 1. The lowest BCUT2D eigenvalue weighted by Crippen LogP contribution is -2.20. The van der Waals surface area contributed by atoms with Crippen molar-refractivity contribution >= 4 is 17.7 Å². The average molecular weight is 222 g/mol. The van der Waals surface area contributed by atoms with Gasteiger partial charge in [0.1, 0.15) is 5.82 Å². The van der Waals surface area contributed by atoms with Crippen LogP contribution in [-0.2, 0) is 4.79 Å². The predicted molar refractivity (Wildman–Crippen MR) is 59.3 cm³/mol. The van der Waals surface area contributed by atoms with Crippen LogP contribution in [0.4, 0.5) is 5.82 Å². The Hall–Kier alpha value is -1.91. The molecule has 0 spiro atoms. The van der Waals surface area contributed by atoms with E-state index in [0.29, 0.717) is 0 Å². The van der Waals surface area contributed by atoms with Crippen LogP contribution in [0, 0.1) is 5.92 Å². The van der Waals surface area contributed by atoms with Gasteiger partial charge in [-0.25, -0.2) is 9.78 Å². The zero-order valence-corrected chi connectivity index (χ0v) is 9.23. The summed E-state index contributed by atoms with van der Waals surface area (Å²) in [6, 6.07) is 2.71. The molecule has 0 radical (unpaired) electrons. The quantitative estimate of drug-likeness (QED) is 0.813. The molecular formula is C11H14N2O3. The van der Waals surface area contributed by atoms with E-state index in [-0.39, 0.29) is 23.2 Å². The van der Waals surface area contributed by atoms with Crippen LogP contribution in [0.3, 0.4) is 0 Å². The van der Waals surface area contributed by atoms with Gasteiger partial charge >= 0.3 is 5.97 Å². The van der Waals surface area contributed by atoms with Gasteiger partial charge in [0.05, 0.1) is 5.56 Å². The van der Waals surface area contributed by atoms with E-state index in [1.807, 2.05) is 6.92 Å². The molecule has 0 aliphatic rings. The Balaban J connectivity index is 2.78. The van der Waals surface area contributed by atoms with Gasteiger partial charge in [-0.3, -0.25) is 4.79 Å². The Kier molecular flexibility index (Phi) is 3.99. The lowest BCUT2D eigenvalue weighted by Gasteiger charge is -2.09. The molecule has 0 bridgehead atoms. The fourth-order valence-corrected chi connectivity index (χ4v) is 1.07. The fourth-order valence-electron chi connectivity index (χ4n) is 1.07. The number of amides is 1. The third kappa shape index (κ3) is 3.05. The molecule has 1 atom stereocenters. The van der Waals surface area contributed by atoms with E-state index < -0.39 is 5.97 Å². The number of hydrogen-bond donors (Lipinski definition) is 2. The summed E-state index contributed by atoms with van der Waals surface area (Å²) in [5.74, 6) is -1.04. The Labute approximate surface area is 93.5 Å². The lowest BCUT2D eigenvalue weighted by molar-refractivity contribution is -0.119. The topological polar surface area (TPSA) is 79.3 Å². The zero-order chi connectivity index (χ0) is 12.1. The van der Waals surface area contributed by atoms with Gasteiger partial charge in [0.2, 0.25) is 5.91 Å². The first-order chi connectivity index (χ1) is 7.54. The molecule has 0 aliphatic heterocycles. The Bertz CT molecular complexity index is 404. The molecule has 1 amide bonds. The zero-order valence-electron chi connectivity index (χ0n) is 9.23. The normalized spacial score (nSPS) is 11.9. The Morgan fingerprint density at radius 2 is 2.25 bits per heavy atom. The minimum absolute atomic E-state index is 0.106. The molecule has 0 aromatic carbocycles. The summed E-state index contributed by atoms with van der Waals surface area (Å²) in [5, 5.41) is 11.3. The van der Waals surface area contributed by atoms with Gasteiger partial charge in [-0.2, -0.15) is 0 Å². The molecule has 1 rings (SSSR count). The highest BCUT2D eigenvalue weighted by Gasteiger charge is 2.12. The van der Waals surface area contributed by atoms with Crippen molar-refractivity contribution in [2.75, 3.05) is 5.32 Å². The van der Waals surface area contributed by atoms with E-state index in [2.05, 4.69) is 10.3 Å². The van der Waals surface area contributed by atoms with E-state index in [4.69, 9.17) is 5.11 Å². The fraction of sp³-hybridized carbons (Fsp3) is 0.364. The van der Waals surface area contributed by atoms with Crippen molar-refractivity contribution in [1.29, 1.82) is 0 Å². The molecule has 1 heterocycles. The minimum Gasteiger partial charge on any atom is -0.478 e. The summed E-state index contributed by atoms with van der Waals surface area (Å²) < 4.78 is 0. The number of carboxylic acid groups (broad SMARTS) is 1. The molecule has 1 aromatic heterocycles. The maximum Gasteiger partial charge on any atom is 0.335 e. The van der Waals surface area contributed by atoms with Crippen LogP contribution in [0.15, 0.2) is 18.3 Å². The summed E-state index contributed by atoms with van der Waals surface area (Å²) in [6.07, 6.45) is 2.08. The Morgan fingerprint density at radius 1 is 1.56 bits per heavy atom. The van der Waals surface area contributed by atoms with Gasteiger partial charge in [0, 0.05) is 12.1 Å². The molecule has 0 fully saturated rings. The van der Waals surface area contributed by atoms with Crippen LogP contribution in [0.1, 0.15) is 30.6 Å². The third-order valence-electron chi connectivity index (χ3n) is 2.32. The molecule has 2 N–H and O–H groups in total. The molecule has 0 saturated heterocycles. The van der Waals surface area contributed by atoms with E-state index in [1.165, 1.54) is 18.3 Å². The number of pyridine rings is 1. The SMILES string of the molecule is CCC(C)C(=O)Nc1cc(C(=O)O)ccn1. The van der Waals surface area contributed by atoms with Crippen molar-refractivity contribution in [3.05, 3.63) is 23.9 Å². The van der Waals surface area contributed by atoms with Crippen LogP contribution in [-0.4, -0.2) is 22.0 Å². The van der Waals surface area contributed by atoms with E-state index >= 15 is 0 Å². The summed E-state index contributed by atoms with van der Waals surface area (Å²) in [7, 11) is 0. The predicted octanol–water partition coefficient (Wildman–Crippen LogP) is 1.76. The first kappa shape index (κ1) is 12.2. The first-order valence-corrected chi connectivity index (χ1v) is 5.04. The van der Waals surface area contributed by atoms with Gasteiger partial charge in [0.25, 0.3) is 0 Å². The minimum atomic E-state index is -1.04. The third-order valence-corrected chi connectivity index (χ3v) is 2.32. The number of carbonyl (C=O) groups excluding carboxylic acids is 1. The molecule has 1 aromatic rings. The monoisotopic (exact) mass is 222 g/mol. The van der Waals surface area contributed by atoms with E-state index in [9.17, 15) is 9.59 Å². The second-order valence-electron chi connectivity index (χ2n) is 3.53. The number of nitrogens with zero attached hydrogens (tertiary/aromatic N) is 1. The highest BCUT2D eigenvalue weighted by atomic mass is 16.4. The first-order valence-electron chi connectivity index (χ1n) is 5.04. The molecule has 5 heteroatoms. The van der Waals surface area contributed by atoms with Crippen LogP contribution >= 0.6 is 0 Å². The standard InChI is InChI=1S/C11H14N2O3/c1-3-7(2)10(14)13-9-6-8(11(15)16)4-5-12-9/h4-7H,3H2,1-2H3,(H,15,16)(H,12,13,14). The molecule has 0 saturated carbocycles. The summed E-state index contributed by atoms with van der Waals surface area (Å²) in [4.78, 5) is 26.1. The average Bonchev–Trinajstić information content (AvgIpc) is 2.28. The summed E-state index contributed by atoms with van der Waals surface area (Å²) in [6.45, 7) is 3.71. The molecule has 1 unspecified atom stereocenters. The lowest BCUT2D eigenvalue weighted by atomic mass is 10.1. The van der Waals surface area contributed by atoms with E-state index in [1.54, 1.807) is 6.92 Å². The number of aromatic nitrogens is 1. The maximum atomic E-state index is 11.5. The second kappa shape index (κ2) is 5.25.